The average Bonchev–Trinajstić information content (AvgIpc) is 1.71. The lowest BCUT2D eigenvalue weighted by molar-refractivity contribution is 0.0834. The molecule has 0 radical (unpaired) electrons. The van der Waals surface area contributed by atoms with E-state index in [1.54, 1.807) is 27.7 Å². The smallest absolute Gasteiger partial charge is 0.276 e. The fourth-order valence-corrected chi connectivity index (χ4v) is 14.2. The van der Waals surface area contributed by atoms with Crippen LogP contribution in [0.15, 0.2) is 81.8 Å². The Hall–Kier alpha value is -7.41. The SMILES string of the molecule is CC(C)[C@@H]1Oc2c(cn(C)c2C(=O)Nc2ccc(F)c(F)c2)S(=O)(=O)N[C@H]1CO.CC(C)[C@H]1Oc2c(cn(C)c2C(=O)Nc2ccc(F)c(F)c2)S(=O)(=O)N[C@@H]1CO.Cn1cc2c(c1C(=O)Nc1cc(F)c(F)c(F)c1)CCC(CO)(CO)NS2(=O)=O. The number of carbonyl (C=O) groups is 3. The van der Waals surface area contributed by atoms with Crippen molar-refractivity contribution in [3.05, 3.63) is 130 Å². The molecule has 0 saturated carbocycles. The number of aliphatic hydroxyl groups excluding tert-OH is 4. The van der Waals surface area contributed by atoms with Gasteiger partial charge in [-0.05, 0) is 48.9 Å². The fraction of sp³-hybridized carbons (Fsp3) is 0.377. The van der Waals surface area contributed by atoms with Crippen molar-refractivity contribution in [3.8, 4) is 11.5 Å². The molecule has 24 nitrogen and oxygen atoms in total. The lowest BCUT2D eigenvalue weighted by Crippen LogP contribution is -2.53. The van der Waals surface area contributed by atoms with Crippen LogP contribution in [0.3, 0.4) is 0 Å². The van der Waals surface area contributed by atoms with E-state index < -0.39 is 145 Å². The van der Waals surface area contributed by atoms with E-state index in [0.717, 1.165) is 24.3 Å². The van der Waals surface area contributed by atoms with Crippen LogP contribution in [0, 0.1) is 52.6 Å². The van der Waals surface area contributed by atoms with Gasteiger partial charge in [0.15, 0.2) is 63.6 Å². The molecule has 3 aliphatic heterocycles. The molecule has 0 aliphatic carbocycles. The highest BCUT2D eigenvalue weighted by Gasteiger charge is 2.44. The number of aryl methyl sites for hydroxylation is 3. The number of carbonyl (C=O) groups excluding carboxylic acids is 3. The lowest BCUT2D eigenvalue weighted by Gasteiger charge is -2.28. The highest BCUT2D eigenvalue weighted by atomic mass is 32.2. The maximum Gasteiger partial charge on any atom is 0.276 e. The summed E-state index contributed by atoms with van der Waals surface area (Å²) in [4.78, 5) is 37.6. The number of ether oxygens (including phenoxy) is 2. The molecule has 34 heteroatoms. The maximum atomic E-state index is 13.4. The van der Waals surface area contributed by atoms with Gasteiger partial charge < -0.3 is 59.6 Å². The van der Waals surface area contributed by atoms with Gasteiger partial charge in [0.05, 0.1) is 44.1 Å². The Balaban J connectivity index is 0.000000186. The van der Waals surface area contributed by atoms with E-state index in [1.807, 2.05) is 0 Å². The Labute approximate surface area is 493 Å². The van der Waals surface area contributed by atoms with Crippen molar-refractivity contribution in [1.29, 1.82) is 0 Å². The number of hydrogen-bond acceptors (Lipinski definition) is 15. The normalized spacial score (nSPS) is 19.6. The summed E-state index contributed by atoms with van der Waals surface area (Å²) >= 11 is 0. The highest BCUT2D eigenvalue weighted by Crippen LogP contribution is 2.38. The topological polar surface area (TPSA) is 340 Å². The number of anilines is 3. The van der Waals surface area contributed by atoms with Gasteiger partial charge in [-0.1, -0.05) is 27.7 Å². The standard InChI is InChI=1S/2C18H21F2N3O5S.C17H18F3N3O5S/c2*1-9(2)16-13(8-24)22-29(26,27)14-7-23(3)15(17(14)28-16)18(25)21-10-4-5-11(19)12(20)6-10;1-23-6-13-10(2-3-17(7-24,8-25)22-29(13,27)28)15(23)16(26)21-9-4-11(18)14(20)12(19)5-9/h2*4-7,9,13,16,22,24H,8H2,1-3H3,(H,21,25);4-6,22,24-25H,2-3,7-8H2,1H3,(H,21,26)/t2*13-,16-;/m10./s1. The molecule has 0 bridgehead atoms. The van der Waals surface area contributed by atoms with Gasteiger partial charge in [0.25, 0.3) is 17.7 Å². The number of amides is 3. The number of fused-ring (bicyclic) bond motifs is 3. The van der Waals surface area contributed by atoms with Crippen molar-refractivity contribution in [2.24, 2.45) is 33.0 Å². The first kappa shape index (κ1) is 67.1. The number of hydrogen-bond donors (Lipinski definition) is 10. The Morgan fingerprint density at radius 3 is 1.30 bits per heavy atom. The second-order valence-electron chi connectivity index (χ2n) is 21.0. The molecule has 6 heterocycles. The third kappa shape index (κ3) is 14.1. The lowest BCUT2D eigenvalue weighted by atomic mass is 9.94. The van der Waals surface area contributed by atoms with E-state index in [9.17, 15) is 90.8 Å². The van der Waals surface area contributed by atoms with Crippen LogP contribution in [-0.4, -0.2) is 133 Å². The predicted octanol–water partition coefficient (Wildman–Crippen LogP) is 3.87. The zero-order valence-corrected chi connectivity index (χ0v) is 49.5. The number of nitrogens with one attached hydrogen (secondary N) is 6. The van der Waals surface area contributed by atoms with E-state index in [4.69, 9.17) is 9.47 Å². The molecule has 3 amide bonds. The zero-order valence-electron chi connectivity index (χ0n) is 47.0. The number of halogens is 7. The van der Waals surface area contributed by atoms with Crippen molar-refractivity contribution in [1.82, 2.24) is 27.9 Å². The third-order valence-electron chi connectivity index (χ3n) is 14.0. The van der Waals surface area contributed by atoms with Crippen molar-refractivity contribution in [2.75, 3.05) is 42.4 Å². The summed E-state index contributed by atoms with van der Waals surface area (Å²) in [5.41, 5.74) is -2.07. The van der Waals surface area contributed by atoms with Gasteiger partial charge in [0.2, 0.25) is 30.1 Å². The molecule has 3 aliphatic rings. The molecule has 10 N–H and O–H groups in total. The molecule has 0 saturated heterocycles. The Morgan fingerprint density at radius 1 is 0.552 bits per heavy atom. The molecular formula is C53H60F7N9O15S3. The van der Waals surface area contributed by atoms with Crippen LogP contribution in [0.25, 0.3) is 0 Å². The maximum absolute atomic E-state index is 13.4. The zero-order chi connectivity index (χ0) is 64.6. The summed E-state index contributed by atoms with van der Waals surface area (Å²) in [5.74, 6) is -12.2. The molecule has 0 unspecified atom stereocenters. The van der Waals surface area contributed by atoms with Crippen LogP contribution in [0.1, 0.15) is 71.1 Å². The van der Waals surface area contributed by atoms with Crippen LogP contribution >= 0.6 is 0 Å². The Kier molecular flexibility index (Phi) is 20.1. The monoisotopic (exact) mass is 1290 g/mol. The molecule has 474 valence electrons. The predicted molar refractivity (Wildman–Crippen MR) is 296 cm³/mol. The van der Waals surface area contributed by atoms with Crippen LogP contribution in [-0.2, 0) is 57.6 Å². The summed E-state index contributed by atoms with van der Waals surface area (Å²) in [7, 11) is -7.99. The molecular weight excluding hydrogens is 1230 g/mol. The van der Waals surface area contributed by atoms with Crippen molar-refractivity contribution in [3.63, 3.8) is 0 Å². The van der Waals surface area contributed by atoms with Crippen molar-refractivity contribution in [2.45, 2.75) is 85.1 Å². The molecule has 3 aromatic heterocycles. The Morgan fingerprint density at radius 2 is 0.920 bits per heavy atom. The minimum atomic E-state index is -4.18. The van der Waals surface area contributed by atoms with Gasteiger partial charge in [-0.15, -0.1) is 0 Å². The summed E-state index contributed by atoms with van der Waals surface area (Å²) in [6, 6.07) is 5.09. The van der Waals surface area contributed by atoms with E-state index in [0.29, 0.717) is 12.1 Å². The molecule has 6 aromatic rings. The van der Waals surface area contributed by atoms with Gasteiger partial charge in [-0.25, -0.2) is 70.2 Å². The second-order valence-corrected chi connectivity index (χ2v) is 26.1. The first-order chi connectivity index (χ1) is 40.6. The number of aromatic nitrogens is 3. The number of rotatable bonds is 12. The molecule has 87 heavy (non-hydrogen) atoms. The van der Waals surface area contributed by atoms with Gasteiger partial charge in [0, 0.05) is 86.6 Å². The molecule has 3 aromatic carbocycles. The summed E-state index contributed by atoms with van der Waals surface area (Å²) in [6.07, 6.45) is 2.14. The Bertz CT molecular complexity index is 3800. The largest absolute Gasteiger partial charge is 0.484 e. The van der Waals surface area contributed by atoms with Crippen LogP contribution in [0.4, 0.5) is 47.8 Å². The molecule has 4 atom stereocenters. The van der Waals surface area contributed by atoms with E-state index in [1.165, 1.54) is 65.6 Å². The second kappa shape index (κ2) is 26.1. The minimum absolute atomic E-state index is 0.00364. The quantitative estimate of drug-likeness (QED) is 0.0614. The van der Waals surface area contributed by atoms with Crippen LogP contribution < -0.4 is 39.6 Å². The van der Waals surface area contributed by atoms with Crippen molar-refractivity contribution < 1.29 is 100 Å². The van der Waals surface area contributed by atoms with Gasteiger partial charge in [-0.2, -0.15) is 0 Å². The average molecular weight is 1290 g/mol. The highest BCUT2D eigenvalue weighted by molar-refractivity contribution is 7.90. The van der Waals surface area contributed by atoms with Gasteiger partial charge in [0.1, 0.15) is 32.6 Å². The number of sulfonamides is 3. The molecule has 0 spiro atoms. The first-order valence-electron chi connectivity index (χ1n) is 26.0. The van der Waals surface area contributed by atoms with Crippen LogP contribution in [0.5, 0.6) is 11.5 Å². The van der Waals surface area contributed by atoms with E-state index in [2.05, 4.69) is 30.1 Å². The minimum Gasteiger partial charge on any atom is -0.484 e. The summed E-state index contributed by atoms with van der Waals surface area (Å²) < 4.78 is 192. The number of aliphatic hydroxyl groups is 4. The van der Waals surface area contributed by atoms with E-state index in [-0.39, 0.29) is 90.6 Å². The van der Waals surface area contributed by atoms with Crippen molar-refractivity contribution >= 4 is 64.9 Å². The van der Waals surface area contributed by atoms with Crippen LogP contribution in [0.2, 0.25) is 0 Å². The summed E-state index contributed by atoms with van der Waals surface area (Å²) in [6.45, 7) is 4.85. The molecule has 9 rings (SSSR count). The van der Waals surface area contributed by atoms with Gasteiger partial charge in [-0.3, -0.25) is 14.4 Å². The third-order valence-corrected chi connectivity index (χ3v) is 18.6. The number of nitrogens with zero attached hydrogens (tertiary/aromatic N) is 3. The van der Waals surface area contributed by atoms with Gasteiger partial charge >= 0.3 is 0 Å². The van der Waals surface area contributed by atoms with E-state index >= 15 is 0 Å². The first-order valence-corrected chi connectivity index (χ1v) is 30.5. The number of benzene rings is 3. The fourth-order valence-electron chi connectivity index (χ4n) is 9.66. The molecule has 0 fully saturated rings. The summed E-state index contributed by atoms with van der Waals surface area (Å²) in [5, 5.41) is 45.3.